The molecule has 0 saturated heterocycles. The molecule has 1 atom stereocenters. The third-order valence-electron chi connectivity index (χ3n) is 5.27. The fraction of sp³-hybridized carbons (Fsp3) is 0.474. The van der Waals surface area contributed by atoms with Crippen LogP contribution in [-0.4, -0.2) is 34.1 Å². The lowest BCUT2D eigenvalue weighted by Crippen LogP contribution is -2.46. The largest absolute Gasteiger partial charge is 0.433 e. The second kappa shape index (κ2) is 8.02. The Morgan fingerprint density at radius 3 is 2.56 bits per heavy atom. The summed E-state index contributed by atoms with van der Waals surface area (Å²) in [6.45, 7) is 0.593. The van der Waals surface area contributed by atoms with Crippen molar-refractivity contribution in [3.05, 3.63) is 54.1 Å². The van der Waals surface area contributed by atoms with Gasteiger partial charge in [-0.2, -0.15) is 13.2 Å². The van der Waals surface area contributed by atoms with Crippen molar-refractivity contribution in [2.45, 2.75) is 24.9 Å². The number of nitrogens with zero attached hydrogens (tertiary/aromatic N) is 2. The highest BCUT2D eigenvalue weighted by Gasteiger charge is 2.46. The SMILES string of the molecule is OCC(c1cccnc1)C1CC(CCl)(CNc2ccc(C(F)(F)F)nc2)C1. The van der Waals surface area contributed by atoms with Gasteiger partial charge in [0.1, 0.15) is 5.69 Å². The van der Waals surface area contributed by atoms with Crippen LogP contribution in [0.3, 0.4) is 0 Å². The Morgan fingerprint density at radius 2 is 2.04 bits per heavy atom. The van der Waals surface area contributed by atoms with Crippen LogP contribution in [0.15, 0.2) is 42.9 Å². The third-order valence-corrected chi connectivity index (χ3v) is 5.84. The molecular weight excluding hydrogens is 379 g/mol. The van der Waals surface area contributed by atoms with Crippen molar-refractivity contribution in [2.75, 3.05) is 24.3 Å². The van der Waals surface area contributed by atoms with Gasteiger partial charge in [0, 0.05) is 36.2 Å². The summed E-state index contributed by atoms with van der Waals surface area (Å²) in [6, 6.07) is 6.15. The molecule has 8 heteroatoms. The molecule has 146 valence electrons. The molecule has 1 fully saturated rings. The fourth-order valence-corrected chi connectivity index (χ4v) is 4.03. The number of halogens is 4. The van der Waals surface area contributed by atoms with Crippen molar-refractivity contribution >= 4 is 17.3 Å². The van der Waals surface area contributed by atoms with Crippen molar-refractivity contribution in [3.8, 4) is 0 Å². The van der Waals surface area contributed by atoms with Gasteiger partial charge in [0.05, 0.1) is 18.5 Å². The van der Waals surface area contributed by atoms with Crippen molar-refractivity contribution < 1.29 is 18.3 Å². The van der Waals surface area contributed by atoms with Gasteiger partial charge in [0.25, 0.3) is 0 Å². The number of alkyl halides is 4. The highest BCUT2D eigenvalue weighted by Crippen LogP contribution is 2.52. The van der Waals surface area contributed by atoms with Gasteiger partial charge in [-0.1, -0.05) is 6.07 Å². The molecule has 2 aromatic heterocycles. The number of rotatable bonds is 7. The number of aliphatic hydroxyl groups is 1. The lowest BCUT2D eigenvalue weighted by atomic mass is 9.58. The summed E-state index contributed by atoms with van der Waals surface area (Å²) in [4.78, 5) is 7.57. The zero-order chi connectivity index (χ0) is 19.5. The summed E-state index contributed by atoms with van der Waals surface area (Å²) in [7, 11) is 0. The van der Waals surface area contributed by atoms with Crippen molar-refractivity contribution in [2.24, 2.45) is 11.3 Å². The van der Waals surface area contributed by atoms with Gasteiger partial charge in [-0.3, -0.25) is 4.98 Å². The van der Waals surface area contributed by atoms with Gasteiger partial charge in [-0.05, 0) is 42.5 Å². The standard InChI is InChI=1S/C19H21ClF3N3O/c20-11-18(12-26-15-3-4-17(25-9-15)19(21,22)23)6-14(7-18)16(10-27)13-2-1-5-24-8-13/h1-5,8-9,14,16,26-27H,6-7,10-12H2. The predicted molar refractivity (Wildman–Crippen MR) is 97.7 cm³/mol. The third kappa shape index (κ3) is 4.52. The maximum absolute atomic E-state index is 12.6. The number of hydrogen-bond acceptors (Lipinski definition) is 4. The molecule has 1 unspecified atom stereocenters. The van der Waals surface area contributed by atoms with Crippen molar-refractivity contribution in [1.82, 2.24) is 9.97 Å². The van der Waals surface area contributed by atoms with Gasteiger partial charge in [-0.15, -0.1) is 11.6 Å². The first-order valence-corrected chi connectivity index (χ1v) is 9.24. The van der Waals surface area contributed by atoms with E-state index in [9.17, 15) is 18.3 Å². The topological polar surface area (TPSA) is 58.0 Å². The number of aliphatic hydroxyl groups excluding tert-OH is 1. The van der Waals surface area contributed by atoms with E-state index in [1.165, 1.54) is 12.3 Å². The molecule has 3 rings (SSSR count). The van der Waals surface area contributed by atoms with Crippen LogP contribution in [0.5, 0.6) is 0 Å². The van der Waals surface area contributed by atoms with E-state index >= 15 is 0 Å². The second-order valence-electron chi connectivity index (χ2n) is 7.16. The van der Waals surface area contributed by atoms with Gasteiger partial charge < -0.3 is 10.4 Å². The van der Waals surface area contributed by atoms with Crippen LogP contribution in [0.4, 0.5) is 18.9 Å². The van der Waals surface area contributed by atoms with Crippen LogP contribution >= 0.6 is 11.6 Å². The molecule has 0 spiro atoms. The van der Waals surface area contributed by atoms with Crippen LogP contribution < -0.4 is 5.32 Å². The number of hydrogen-bond donors (Lipinski definition) is 2. The van der Waals surface area contributed by atoms with Crippen LogP contribution in [0.25, 0.3) is 0 Å². The minimum atomic E-state index is -4.44. The molecule has 2 aromatic rings. The molecule has 2 N–H and O–H groups in total. The van der Waals surface area contributed by atoms with Gasteiger partial charge in [0.2, 0.25) is 0 Å². The summed E-state index contributed by atoms with van der Waals surface area (Å²) in [5, 5.41) is 12.9. The Bertz CT molecular complexity index is 734. The van der Waals surface area contributed by atoms with E-state index in [4.69, 9.17) is 11.6 Å². The highest BCUT2D eigenvalue weighted by molar-refractivity contribution is 6.18. The van der Waals surface area contributed by atoms with Crippen LogP contribution in [0.1, 0.15) is 30.0 Å². The Balaban J connectivity index is 1.58. The maximum Gasteiger partial charge on any atom is 0.433 e. The Morgan fingerprint density at radius 1 is 1.26 bits per heavy atom. The summed E-state index contributed by atoms with van der Waals surface area (Å²) < 4.78 is 37.7. The van der Waals surface area contributed by atoms with E-state index in [1.807, 2.05) is 12.1 Å². The van der Waals surface area contributed by atoms with E-state index in [0.717, 1.165) is 24.5 Å². The number of anilines is 1. The lowest BCUT2D eigenvalue weighted by molar-refractivity contribution is -0.141. The molecule has 1 saturated carbocycles. The monoisotopic (exact) mass is 399 g/mol. The first-order chi connectivity index (χ1) is 12.9. The minimum Gasteiger partial charge on any atom is -0.396 e. The fourth-order valence-electron chi connectivity index (χ4n) is 3.72. The first-order valence-electron chi connectivity index (χ1n) is 8.71. The molecule has 0 aromatic carbocycles. The number of aromatic nitrogens is 2. The van der Waals surface area contributed by atoms with Crippen LogP contribution in [0, 0.1) is 11.3 Å². The molecule has 4 nitrogen and oxygen atoms in total. The van der Waals surface area contributed by atoms with E-state index in [1.54, 1.807) is 12.4 Å². The smallest absolute Gasteiger partial charge is 0.396 e. The minimum absolute atomic E-state index is 0.0165. The Labute approximate surface area is 160 Å². The number of pyridine rings is 2. The predicted octanol–water partition coefficient (Wildman–Crippen LogP) is 4.32. The summed E-state index contributed by atoms with van der Waals surface area (Å²) in [5.74, 6) is 0.753. The highest BCUT2D eigenvalue weighted by atomic mass is 35.5. The molecule has 1 aliphatic rings. The molecule has 27 heavy (non-hydrogen) atoms. The van der Waals surface area contributed by atoms with Gasteiger partial charge >= 0.3 is 6.18 Å². The zero-order valence-corrected chi connectivity index (χ0v) is 15.3. The maximum atomic E-state index is 12.6. The molecule has 0 aliphatic heterocycles. The Hall–Kier alpha value is -1.86. The summed E-state index contributed by atoms with van der Waals surface area (Å²) in [6.07, 6.45) is 1.88. The van der Waals surface area contributed by atoms with Gasteiger partial charge in [0.15, 0.2) is 0 Å². The second-order valence-corrected chi connectivity index (χ2v) is 7.43. The molecular formula is C19H21ClF3N3O. The molecule has 0 radical (unpaired) electrons. The van der Waals surface area contributed by atoms with Crippen molar-refractivity contribution in [1.29, 1.82) is 0 Å². The van der Waals surface area contributed by atoms with Crippen molar-refractivity contribution in [3.63, 3.8) is 0 Å². The van der Waals surface area contributed by atoms with E-state index in [-0.39, 0.29) is 17.9 Å². The molecule has 2 heterocycles. The lowest BCUT2D eigenvalue weighted by Gasteiger charge is -2.50. The van der Waals surface area contributed by atoms with Crippen LogP contribution in [-0.2, 0) is 6.18 Å². The average Bonchev–Trinajstić information content (AvgIpc) is 2.64. The van der Waals surface area contributed by atoms with Crippen LogP contribution in [0.2, 0.25) is 0 Å². The first kappa shape index (κ1) is 19.9. The quantitative estimate of drug-likeness (QED) is 0.681. The molecule has 1 aliphatic carbocycles. The Kier molecular flexibility index (Phi) is 5.91. The average molecular weight is 400 g/mol. The summed E-state index contributed by atoms with van der Waals surface area (Å²) >= 11 is 6.19. The van der Waals surface area contributed by atoms with Gasteiger partial charge in [-0.25, -0.2) is 4.98 Å². The number of nitrogens with one attached hydrogen (secondary N) is 1. The van der Waals surface area contributed by atoms with E-state index < -0.39 is 11.9 Å². The van der Waals surface area contributed by atoms with E-state index in [0.29, 0.717) is 24.0 Å². The normalized spacial score (nSPS) is 23.5. The molecule has 0 amide bonds. The summed E-state index contributed by atoms with van der Waals surface area (Å²) in [5.41, 5.74) is 0.478. The zero-order valence-electron chi connectivity index (χ0n) is 14.6. The molecule has 0 bridgehead atoms. The van der Waals surface area contributed by atoms with E-state index in [2.05, 4.69) is 15.3 Å².